The van der Waals surface area contributed by atoms with Crippen LogP contribution in [0.25, 0.3) is 0 Å². The summed E-state index contributed by atoms with van der Waals surface area (Å²) in [4.78, 5) is 14.9. The fourth-order valence-electron chi connectivity index (χ4n) is 3.88. The van der Waals surface area contributed by atoms with Gasteiger partial charge in [0.05, 0.1) is 0 Å². The van der Waals surface area contributed by atoms with Gasteiger partial charge in [-0.2, -0.15) is 4.31 Å². The van der Waals surface area contributed by atoms with Gasteiger partial charge in [-0.3, -0.25) is 4.79 Å². The molecule has 0 saturated carbocycles. The minimum absolute atomic E-state index is 0.0240. The molecule has 3 rings (SSSR count). The predicted octanol–water partition coefficient (Wildman–Crippen LogP) is 2.07. The third-order valence-electron chi connectivity index (χ3n) is 5.45. The molecule has 0 spiro atoms. The van der Waals surface area contributed by atoms with Gasteiger partial charge in [0, 0.05) is 32.1 Å². The van der Waals surface area contributed by atoms with E-state index < -0.39 is 10.0 Å². The standard InChI is InChI=1S/C21H30N4O4S/c1-15-20(16(2)29-23-15)30(27,28)25-11-9-17(10-12-25)21(26)22-13-18-7-5-6-8-19(18)14-24(3)4/h5-8,17H,9-14H2,1-4H3,(H,22,26). The molecule has 0 bridgehead atoms. The molecule has 1 fully saturated rings. The lowest BCUT2D eigenvalue weighted by atomic mass is 9.97. The van der Waals surface area contributed by atoms with Crippen LogP contribution >= 0.6 is 0 Å². The molecule has 2 heterocycles. The number of benzene rings is 1. The van der Waals surface area contributed by atoms with Crippen LogP contribution in [-0.2, 0) is 27.9 Å². The number of aryl methyl sites for hydroxylation is 2. The summed E-state index contributed by atoms with van der Waals surface area (Å²) >= 11 is 0. The zero-order valence-corrected chi connectivity index (χ0v) is 18.8. The largest absolute Gasteiger partial charge is 0.360 e. The number of nitrogens with zero attached hydrogens (tertiary/aromatic N) is 3. The Bertz CT molecular complexity index is 973. The highest BCUT2D eigenvalue weighted by Crippen LogP contribution is 2.27. The van der Waals surface area contributed by atoms with Crippen LogP contribution in [0.2, 0.25) is 0 Å². The first-order chi connectivity index (χ1) is 14.2. The number of rotatable bonds is 7. The van der Waals surface area contributed by atoms with Gasteiger partial charge in [0.1, 0.15) is 10.6 Å². The molecule has 1 N–H and O–H groups in total. The Morgan fingerprint density at radius 2 is 1.83 bits per heavy atom. The molecule has 1 saturated heterocycles. The van der Waals surface area contributed by atoms with Crippen LogP contribution < -0.4 is 5.32 Å². The van der Waals surface area contributed by atoms with E-state index in [1.807, 2.05) is 32.3 Å². The van der Waals surface area contributed by atoms with Crippen molar-refractivity contribution in [2.75, 3.05) is 27.2 Å². The second-order valence-electron chi connectivity index (χ2n) is 8.06. The normalized spacial score (nSPS) is 16.2. The molecular weight excluding hydrogens is 404 g/mol. The van der Waals surface area contributed by atoms with E-state index in [0.29, 0.717) is 43.9 Å². The van der Waals surface area contributed by atoms with Gasteiger partial charge in [-0.25, -0.2) is 8.42 Å². The number of hydrogen-bond acceptors (Lipinski definition) is 6. The van der Waals surface area contributed by atoms with Crippen LogP contribution in [0.5, 0.6) is 0 Å². The van der Waals surface area contributed by atoms with Crippen LogP contribution in [0.3, 0.4) is 0 Å². The van der Waals surface area contributed by atoms with E-state index in [0.717, 1.165) is 12.1 Å². The maximum absolute atomic E-state index is 12.9. The Labute approximate surface area is 178 Å². The highest BCUT2D eigenvalue weighted by atomic mass is 32.2. The molecule has 1 aromatic carbocycles. The van der Waals surface area contributed by atoms with Crippen molar-refractivity contribution in [1.82, 2.24) is 19.7 Å². The van der Waals surface area contributed by atoms with Gasteiger partial charge in [-0.1, -0.05) is 29.4 Å². The number of carbonyl (C=O) groups excluding carboxylic acids is 1. The van der Waals surface area contributed by atoms with Crippen molar-refractivity contribution >= 4 is 15.9 Å². The molecule has 0 atom stereocenters. The van der Waals surface area contributed by atoms with Crippen LogP contribution in [0, 0.1) is 19.8 Å². The number of piperidine rings is 1. The van der Waals surface area contributed by atoms with Gasteiger partial charge in [-0.05, 0) is 51.9 Å². The molecule has 0 radical (unpaired) electrons. The van der Waals surface area contributed by atoms with Crippen molar-refractivity contribution in [3.05, 3.63) is 46.8 Å². The number of amides is 1. The molecule has 30 heavy (non-hydrogen) atoms. The molecule has 0 unspecified atom stereocenters. The lowest BCUT2D eigenvalue weighted by molar-refractivity contribution is -0.126. The highest BCUT2D eigenvalue weighted by Gasteiger charge is 2.35. The zero-order chi connectivity index (χ0) is 21.9. The van der Waals surface area contributed by atoms with Crippen molar-refractivity contribution in [3.8, 4) is 0 Å². The number of nitrogens with one attached hydrogen (secondary N) is 1. The van der Waals surface area contributed by atoms with Crippen LogP contribution in [-0.4, -0.2) is 55.9 Å². The van der Waals surface area contributed by atoms with E-state index in [4.69, 9.17) is 4.52 Å². The summed E-state index contributed by atoms with van der Waals surface area (Å²) in [5.74, 6) is 0.0786. The quantitative estimate of drug-likeness (QED) is 0.717. The summed E-state index contributed by atoms with van der Waals surface area (Å²) in [7, 11) is 0.366. The number of sulfonamides is 1. The Morgan fingerprint density at radius 3 is 2.40 bits per heavy atom. The first-order valence-corrected chi connectivity index (χ1v) is 11.6. The molecule has 8 nitrogen and oxygen atoms in total. The van der Waals surface area contributed by atoms with E-state index in [1.54, 1.807) is 13.8 Å². The number of carbonyl (C=O) groups is 1. The van der Waals surface area contributed by atoms with E-state index in [9.17, 15) is 13.2 Å². The van der Waals surface area contributed by atoms with Gasteiger partial charge < -0.3 is 14.7 Å². The smallest absolute Gasteiger partial charge is 0.248 e. The lowest BCUT2D eigenvalue weighted by Gasteiger charge is -2.30. The maximum Gasteiger partial charge on any atom is 0.248 e. The van der Waals surface area contributed by atoms with Gasteiger partial charge in [0.15, 0.2) is 5.76 Å². The van der Waals surface area contributed by atoms with Gasteiger partial charge >= 0.3 is 0 Å². The average Bonchev–Trinajstić information content (AvgIpc) is 3.05. The summed E-state index contributed by atoms with van der Waals surface area (Å²) in [6, 6.07) is 8.06. The van der Waals surface area contributed by atoms with Crippen molar-refractivity contribution in [2.45, 2.75) is 44.7 Å². The molecule has 9 heteroatoms. The second-order valence-corrected chi connectivity index (χ2v) is 9.93. The first kappa shape index (κ1) is 22.5. The second kappa shape index (κ2) is 9.28. The summed E-state index contributed by atoms with van der Waals surface area (Å²) < 4.78 is 32.3. The third kappa shape index (κ3) is 4.91. The summed E-state index contributed by atoms with van der Waals surface area (Å²) in [6.45, 7) is 5.12. The highest BCUT2D eigenvalue weighted by molar-refractivity contribution is 7.89. The SMILES string of the molecule is Cc1noc(C)c1S(=O)(=O)N1CCC(C(=O)NCc2ccccc2CN(C)C)CC1. The van der Waals surface area contributed by atoms with E-state index >= 15 is 0 Å². The van der Waals surface area contributed by atoms with Crippen molar-refractivity contribution in [2.24, 2.45) is 5.92 Å². The maximum atomic E-state index is 12.9. The minimum atomic E-state index is -3.66. The Kier molecular flexibility index (Phi) is 6.95. The Balaban J connectivity index is 1.57. The lowest BCUT2D eigenvalue weighted by Crippen LogP contribution is -2.43. The minimum Gasteiger partial charge on any atom is -0.360 e. The van der Waals surface area contributed by atoms with Crippen LogP contribution in [0.4, 0.5) is 0 Å². The first-order valence-electron chi connectivity index (χ1n) is 10.1. The van der Waals surface area contributed by atoms with Gasteiger partial charge in [-0.15, -0.1) is 0 Å². The summed E-state index contributed by atoms with van der Waals surface area (Å²) in [5.41, 5.74) is 2.64. The molecule has 0 aliphatic carbocycles. The van der Waals surface area contributed by atoms with Crippen molar-refractivity contribution < 1.29 is 17.7 Å². The molecule has 164 valence electrons. The van der Waals surface area contributed by atoms with Gasteiger partial charge in [0.2, 0.25) is 15.9 Å². The molecule has 2 aromatic rings. The Morgan fingerprint density at radius 1 is 1.20 bits per heavy atom. The molecule has 1 aliphatic rings. The van der Waals surface area contributed by atoms with Crippen LogP contribution in [0.1, 0.15) is 35.4 Å². The molecule has 1 amide bonds. The summed E-state index contributed by atoms with van der Waals surface area (Å²) in [6.07, 6.45) is 0.988. The molecule has 1 aliphatic heterocycles. The van der Waals surface area contributed by atoms with Gasteiger partial charge in [0.25, 0.3) is 0 Å². The topological polar surface area (TPSA) is 95.8 Å². The van der Waals surface area contributed by atoms with Crippen molar-refractivity contribution in [1.29, 1.82) is 0 Å². The number of aromatic nitrogens is 1. The monoisotopic (exact) mass is 434 g/mol. The Hall–Kier alpha value is -2.23. The van der Waals surface area contributed by atoms with E-state index in [-0.39, 0.29) is 16.7 Å². The van der Waals surface area contributed by atoms with E-state index in [2.05, 4.69) is 21.4 Å². The predicted molar refractivity (Wildman–Crippen MR) is 113 cm³/mol. The van der Waals surface area contributed by atoms with Crippen molar-refractivity contribution in [3.63, 3.8) is 0 Å². The third-order valence-corrected chi connectivity index (χ3v) is 7.59. The zero-order valence-electron chi connectivity index (χ0n) is 18.0. The fraction of sp³-hybridized carbons (Fsp3) is 0.524. The van der Waals surface area contributed by atoms with E-state index in [1.165, 1.54) is 9.87 Å². The van der Waals surface area contributed by atoms with Crippen LogP contribution in [0.15, 0.2) is 33.7 Å². The number of hydrogen-bond donors (Lipinski definition) is 1. The average molecular weight is 435 g/mol. The summed E-state index contributed by atoms with van der Waals surface area (Å²) in [5, 5.41) is 6.78. The molecule has 1 aromatic heterocycles. The fourth-order valence-corrected chi connectivity index (χ4v) is 5.64. The molecular formula is C21H30N4O4S.